The zero-order chi connectivity index (χ0) is 13.2. The first-order chi connectivity index (χ1) is 8.79. The zero-order valence-corrected chi connectivity index (χ0v) is 11.3. The van der Waals surface area contributed by atoms with Crippen LogP contribution < -0.4 is 0 Å². The van der Waals surface area contributed by atoms with Gasteiger partial charge < -0.3 is 9.69 Å². The van der Waals surface area contributed by atoms with Crippen molar-refractivity contribution in [3.63, 3.8) is 0 Å². The van der Waals surface area contributed by atoms with Crippen molar-refractivity contribution in [2.24, 2.45) is 0 Å². The predicted molar refractivity (Wildman–Crippen MR) is 73.3 cm³/mol. The number of hydrogen-bond donors (Lipinski definition) is 0. The molecule has 0 aromatic carbocycles. The van der Waals surface area contributed by atoms with Crippen molar-refractivity contribution in [2.45, 2.75) is 63.8 Å². The van der Waals surface area contributed by atoms with Gasteiger partial charge in [0, 0.05) is 25.4 Å². The molecule has 3 heteroatoms. The fraction of sp³-hybridized carbons (Fsp3) is 0.733. The van der Waals surface area contributed by atoms with E-state index in [2.05, 4.69) is 6.58 Å². The number of carbonyl (C=O) groups is 2. The van der Waals surface area contributed by atoms with Gasteiger partial charge >= 0.3 is 0 Å². The number of nitrogens with zero attached hydrogens (tertiary/aromatic N) is 1. The second-order valence-corrected chi connectivity index (χ2v) is 5.02. The average molecular weight is 251 g/mol. The van der Waals surface area contributed by atoms with Crippen molar-refractivity contribution >= 4 is 12.2 Å². The van der Waals surface area contributed by atoms with E-state index in [1.165, 1.54) is 0 Å². The summed E-state index contributed by atoms with van der Waals surface area (Å²) in [5.41, 5.74) is 0. The summed E-state index contributed by atoms with van der Waals surface area (Å²) in [7, 11) is 0. The number of aldehydes is 1. The molecule has 1 atom stereocenters. The maximum atomic E-state index is 12.1. The Kier molecular flexibility index (Phi) is 7.38. The lowest BCUT2D eigenvalue weighted by atomic mass is 10.0. The highest BCUT2D eigenvalue weighted by Crippen LogP contribution is 2.20. The third kappa shape index (κ3) is 5.03. The minimum absolute atomic E-state index is 0.251. The number of likely N-dealkylation sites (tertiary alicyclic amines) is 1. The molecule has 0 aliphatic carbocycles. The van der Waals surface area contributed by atoms with Crippen LogP contribution in [0.1, 0.15) is 57.8 Å². The van der Waals surface area contributed by atoms with E-state index in [1.54, 1.807) is 0 Å². The van der Waals surface area contributed by atoms with E-state index in [4.69, 9.17) is 0 Å². The molecule has 0 aromatic heterocycles. The molecule has 0 N–H and O–H groups in total. The maximum Gasteiger partial charge on any atom is 0.222 e. The first kappa shape index (κ1) is 14.9. The van der Waals surface area contributed by atoms with Crippen LogP contribution in [0.2, 0.25) is 0 Å². The Morgan fingerprint density at radius 1 is 1.22 bits per heavy atom. The molecular weight excluding hydrogens is 226 g/mol. The molecule has 0 aromatic rings. The van der Waals surface area contributed by atoms with Gasteiger partial charge in [0.15, 0.2) is 0 Å². The van der Waals surface area contributed by atoms with Gasteiger partial charge in [-0.15, -0.1) is 6.58 Å². The molecule has 3 nitrogen and oxygen atoms in total. The Balaban J connectivity index is 2.56. The summed E-state index contributed by atoms with van der Waals surface area (Å²) in [6.07, 6.45) is 11.2. The second kappa shape index (κ2) is 8.90. The Morgan fingerprint density at radius 2 is 2.06 bits per heavy atom. The Hall–Kier alpha value is -1.12. The van der Waals surface area contributed by atoms with Crippen LogP contribution in [0.3, 0.4) is 0 Å². The van der Waals surface area contributed by atoms with Gasteiger partial charge in [-0.05, 0) is 38.5 Å². The largest absolute Gasteiger partial charge is 0.340 e. The van der Waals surface area contributed by atoms with Crippen molar-refractivity contribution in [2.75, 3.05) is 6.54 Å². The predicted octanol–water partition coefficient (Wildman–Crippen LogP) is 3.09. The highest BCUT2D eigenvalue weighted by Gasteiger charge is 2.24. The van der Waals surface area contributed by atoms with Gasteiger partial charge in [0.05, 0.1) is 0 Å². The van der Waals surface area contributed by atoms with Gasteiger partial charge in [-0.2, -0.15) is 0 Å². The number of hydrogen-bond acceptors (Lipinski definition) is 2. The summed E-state index contributed by atoms with van der Waals surface area (Å²) in [6, 6.07) is 0.251. The summed E-state index contributed by atoms with van der Waals surface area (Å²) in [4.78, 5) is 24.6. The van der Waals surface area contributed by atoms with Gasteiger partial charge in [0.25, 0.3) is 0 Å². The van der Waals surface area contributed by atoms with Crippen LogP contribution in [0.25, 0.3) is 0 Å². The van der Waals surface area contributed by atoms with Crippen LogP contribution in [0.4, 0.5) is 0 Å². The normalized spacial score (nSPS) is 18.2. The topological polar surface area (TPSA) is 37.4 Å². The Bertz CT molecular complexity index is 276. The molecule has 1 heterocycles. The molecule has 0 spiro atoms. The fourth-order valence-corrected chi connectivity index (χ4v) is 2.60. The fourth-order valence-electron chi connectivity index (χ4n) is 2.60. The second-order valence-electron chi connectivity index (χ2n) is 5.02. The third-order valence-corrected chi connectivity index (χ3v) is 3.61. The van der Waals surface area contributed by atoms with Crippen molar-refractivity contribution in [1.29, 1.82) is 0 Å². The maximum absolute atomic E-state index is 12.1. The number of carbonyl (C=O) groups excluding carboxylic acids is 2. The van der Waals surface area contributed by atoms with E-state index in [-0.39, 0.29) is 11.9 Å². The molecule has 1 saturated heterocycles. The first-order valence-corrected chi connectivity index (χ1v) is 7.13. The summed E-state index contributed by atoms with van der Waals surface area (Å²) < 4.78 is 0. The van der Waals surface area contributed by atoms with Crippen molar-refractivity contribution in [3.05, 3.63) is 12.7 Å². The molecule has 102 valence electrons. The van der Waals surface area contributed by atoms with E-state index in [9.17, 15) is 9.59 Å². The number of unbranched alkanes of at least 4 members (excludes halogenated alkanes) is 1. The molecule has 1 aliphatic heterocycles. The van der Waals surface area contributed by atoms with Crippen molar-refractivity contribution in [1.82, 2.24) is 4.90 Å². The smallest absolute Gasteiger partial charge is 0.222 e. The Labute approximate surface area is 110 Å². The van der Waals surface area contributed by atoms with Crippen molar-refractivity contribution in [3.8, 4) is 0 Å². The van der Waals surface area contributed by atoms with Crippen LogP contribution in [0.5, 0.6) is 0 Å². The van der Waals surface area contributed by atoms with E-state index < -0.39 is 0 Å². The summed E-state index contributed by atoms with van der Waals surface area (Å²) in [5, 5.41) is 0. The molecule has 0 radical (unpaired) electrons. The summed E-state index contributed by atoms with van der Waals surface area (Å²) in [6.45, 7) is 4.60. The molecule has 0 bridgehead atoms. The highest BCUT2D eigenvalue weighted by atomic mass is 16.2. The van der Waals surface area contributed by atoms with Crippen LogP contribution in [0, 0.1) is 0 Å². The minimum atomic E-state index is 0.251. The van der Waals surface area contributed by atoms with Crippen LogP contribution in [0.15, 0.2) is 12.7 Å². The number of amides is 1. The monoisotopic (exact) mass is 251 g/mol. The lowest BCUT2D eigenvalue weighted by Crippen LogP contribution is -2.40. The van der Waals surface area contributed by atoms with E-state index in [0.29, 0.717) is 12.8 Å². The first-order valence-electron chi connectivity index (χ1n) is 7.13. The lowest BCUT2D eigenvalue weighted by Gasteiger charge is -2.30. The molecule has 1 rings (SSSR count). The number of allylic oxidation sites excluding steroid dienone is 1. The third-order valence-electron chi connectivity index (χ3n) is 3.61. The van der Waals surface area contributed by atoms with Gasteiger partial charge in [0.1, 0.15) is 6.29 Å². The molecule has 1 aliphatic rings. The van der Waals surface area contributed by atoms with E-state index >= 15 is 0 Å². The zero-order valence-electron chi connectivity index (χ0n) is 11.3. The van der Waals surface area contributed by atoms with E-state index in [1.807, 2.05) is 11.0 Å². The lowest BCUT2D eigenvalue weighted by molar-refractivity contribution is -0.133. The molecule has 1 unspecified atom stereocenters. The van der Waals surface area contributed by atoms with Crippen LogP contribution in [-0.4, -0.2) is 29.7 Å². The van der Waals surface area contributed by atoms with E-state index in [0.717, 1.165) is 57.8 Å². The highest BCUT2D eigenvalue weighted by molar-refractivity contribution is 5.76. The molecule has 1 amide bonds. The minimum Gasteiger partial charge on any atom is -0.340 e. The quantitative estimate of drug-likeness (QED) is 0.377. The molecule has 0 saturated carbocycles. The summed E-state index contributed by atoms with van der Waals surface area (Å²) >= 11 is 0. The van der Waals surface area contributed by atoms with Gasteiger partial charge in [-0.25, -0.2) is 0 Å². The van der Waals surface area contributed by atoms with Gasteiger partial charge in [-0.3, -0.25) is 4.79 Å². The Morgan fingerprint density at radius 3 is 2.78 bits per heavy atom. The SMILES string of the molecule is C=CCCCC(CCC=O)N1CCCCCC1=O. The molecular formula is C15H25NO2. The number of rotatable bonds is 8. The van der Waals surface area contributed by atoms with Gasteiger partial charge in [0.2, 0.25) is 5.91 Å². The molecule has 1 fully saturated rings. The van der Waals surface area contributed by atoms with Gasteiger partial charge in [-0.1, -0.05) is 12.5 Å². The standard InChI is InChI=1S/C15H25NO2/c1-2-3-5-9-14(10-8-13-17)16-12-7-4-6-11-15(16)18/h2,13-14H,1,3-12H2. The van der Waals surface area contributed by atoms with Crippen molar-refractivity contribution < 1.29 is 9.59 Å². The van der Waals surface area contributed by atoms with Crippen LogP contribution >= 0.6 is 0 Å². The van der Waals surface area contributed by atoms with Crippen LogP contribution in [-0.2, 0) is 9.59 Å². The average Bonchev–Trinajstić information content (AvgIpc) is 2.59. The molecule has 18 heavy (non-hydrogen) atoms. The summed E-state index contributed by atoms with van der Waals surface area (Å²) in [5.74, 6) is 0.280.